The molecule has 0 aliphatic rings. The number of rotatable bonds is 1. The molecule has 1 rings (SSSR count). The van der Waals surface area contributed by atoms with E-state index in [0.717, 1.165) is 0 Å². The highest BCUT2D eigenvalue weighted by Crippen LogP contribution is 2.07. The molecule has 0 fully saturated rings. The van der Waals surface area contributed by atoms with Crippen LogP contribution < -0.4 is 4.74 Å². The molecule has 0 N–H and O–H groups in total. The molecule has 0 atom stereocenters. The minimum absolute atomic E-state index is 0.409. The van der Waals surface area contributed by atoms with Crippen LogP contribution in [-0.2, 0) is 0 Å². The number of methoxy groups -OCH3 is 1. The van der Waals surface area contributed by atoms with E-state index >= 15 is 0 Å². The predicted molar refractivity (Wildman–Crippen MR) is 29.6 cm³/mol. The molecule has 0 aromatic carbocycles. The summed E-state index contributed by atoms with van der Waals surface area (Å²) in [6, 6.07) is 1.22. The zero-order chi connectivity index (χ0) is 6.69. The second kappa shape index (κ2) is 2.44. The Labute approximate surface area is 52.3 Å². The van der Waals surface area contributed by atoms with Gasteiger partial charge in [0, 0.05) is 6.07 Å². The van der Waals surface area contributed by atoms with Gasteiger partial charge in [-0.05, 0) is 0 Å². The quantitative estimate of drug-likeness (QED) is 0.560. The summed E-state index contributed by atoms with van der Waals surface area (Å²) in [7, 11) is 1.45. The first-order valence-corrected chi connectivity index (χ1v) is 2.40. The van der Waals surface area contributed by atoms with Gasteiger partial charge >= 0.3 is 0 Å². The van der Waals surface area contributed by atoms with Gasteiger partial charge in [0.05, 0.1) is 13.3 Å². The van der Waals surface area contributed by atoms with Crippen molar-refractivity contribution in [3.05, 3.63) is 24.3 Å². The molecule has 2 nitrogen and oxygen atoms in total. The molecule has 0 spiro atoms. The number of ether oxygens (including phenoxy) is 1. The normalized spacial score (nSPS) is 9.11. The molecule has 0 aliphatic carbocycles. The summed E-state index contributed by atoms with van der Waals surface area (Å²) in [4.78, 5) is 3.43. The molecule has 0 bridgehead atoms. The van der Waals surface area contributed by atoms with Crippen LogP contribution in [0.25, 0.3) is 0 Å². The Morgan fingerprint density at radius 1 is 1.78 bits per heavy atom. The van der Waals surface area contributed by atoms with Crippen molar-refractivity contribution in [2.45, 2.75) is 0 Å². The third-order valence-electron chi connectivity index (χ3n) is 0.868. The highest BCUT2D eigenvalue weighted by atomic mass is 19.1. The van der Waals surface area contributed by atoms with E-state index in [1.165, 1.54) is 19.4 Å². The Kier molecular flexibility index (Phi) is 1.63. The molecule has 1 heterocycles. The van der Waals surface area contributed by atoms with E-state index < -0.39 is 5.82 Å². The van der Waals surface area contributed by atoms with Crippen molar-refractivity contribution in [3.8, 4) is 5.75 Å². The van der Waals surface area contributed by atoms with Crippen LogP contribution in [0.15, 0.2) is 12.3 Å². The molecule has 1 aromatic heterocycles. The van der Waals surface area contributed by atoms with Crippen molar-refractivity contribution in [3.63, 3.8) is 0 Å². The van der Waals surface area contributed by atoms with Crippen LogP contribution in [-0.4, -0.2) is 12.1 Å². The third-order valence-corrected chi connectivity index (χ3v) is 0.868. The van der Waals surface area contributed by atoms with E-state index in [0.29, 0.717) is 5.75 Å². The van der Waals surface area contributed by atoms with Gasteiger partial charge in [0.1, 0.15) is 11.9 Å². The van der Waals surface area contributed by atoms with Gasteiger partial charge in [-0.25, -0.2) is 9.37 Å². The zero-order valence-electron chi connectivity index (χ0n) is 4.89. The van der Waals surface area contributed by atoms with Gasteiger partial charge in [-0.15, -0.1) is 0 Å². The van der Waals surface area contributed by atoms with Crippen LogP contribution in [0.5, 0.6) is 5.75 Å². The van der Waals surface area contributed by atoms with Gasteiger partial charge in [0.15, 0.2) is 5.82 Å². The number of nitrogens with zero attached hydrogens (tertiary/aromatic N) is 1. The lowest BCUT2D eigenvalue weighted by Crippen LogP contribution is -1.85. The molecular formula is C6H5FNO. The van der Waals surface area contributed by atoms with Gasteiger partial charge in [0.25, 0.3) is 0 Å². The maximum atomic E-state index is 12.2. The highest BCUT2D eigenvalue weighted by molar-refractivity contribution is 5.15. The SMILES string of the molecule is COc1cn[c]c(F)c1. The fraction of sp³-hybridized carbons (Fsp3) is 0.167. The lowest BCUT2D eigenvalue weighted by Gasteiger charge is -1.94. The van der Waals surface area contributed by atoms with E-state index in [9.17, 15) is 4.39 Å². The van der Waals surface area contributed by atoms with E-state index in [1.807, 2.05) is 0 Å². The second-order valence-corrected chi connectivity index (χ2v) is 1.47. The molecule has 47 valence electrons. The van der Waals surface area contributed by atoms with Crippen LogP contribution in [0, 0.1) is 12.0 Å². The Morgan fingerprint density at radius 3 is 3.00 bits per heavy atom. The molecule has 3 heteroatoms. The molecule has 1 aromatic rings. The number of aromatic nitrogens is 1. The molecule has 0 saturated heterocycles. The van der Waals surface area contributed by atoms with Gasteiger partial charge in [-0.2, -0.15) is 0 Å². The van der Waals surface area contributed by atoms with Crippen molar-refractivity contribution in [2.24, 2.45) is 0 Å². The highest BCUT2D eigenvalue weighted by Gasteiger charge is 1.92. The van der Waals surface area contributed by atoms with Crippen molar-refractivity contribution in [1.82, 2.24) is 4.98 Å². The number of pyridine rings is 1. The Bertz CT molecular complexity index is 202. The van der Waals surface area contributed by atoms with E-state index in [4.69, 9.17) is 0 Å². The van der Waals surface area contributed by atoms with Gasteiger partial charge in [0.2, 0.25) is 0 Å². The molecule has 0 amide bonds. The lowest BCUT2D eigenvalue weighted by atomic mass is 10.4. The maximum Gasteiger partial charge on any atom is 0.154 e. The van der Waals surface area contributed by atoms with Crippen LogP contribution >= 0.6 is 0 Å². The Balaban J connectivity index is 2.94. The van der Waals surface area contributed by atoms with E-state index in [1.54, 1.807) is 0 Å². The zero-order valence-corrected chi connectivity index (χ0v) is 4.89. The summed E-state index contributed by atoms with van der Waals surface area (Å²) in [5.74, 6) is -0.0967. The first-order valence-electron chi connectivity index (χ1n) is 2.40. The average Bonchev–Trinajstić information content (AvgIpc) is 1.88. The van der Waals surface area contributed by atoms with Crippen molar-refractivity contribution < 1.29 is 9.13 Å². The smallest absolute Gasteiger partial charge is 0.154 e. The topological polar surface area (TPSA) is 22.1 Å². The number of hydrogen-bond donors (Lipinski definition) is 0. The minimum Gasteiger partial charge on any atom is -0.495 e. The van der Waals surface area contributed by atoms with E-state index in [-0.39, 0.29) is 0 Å². The summed E-state index contributed by atoms with van der Waals surface area (Å²) in [5.41, 5.74) is 0. The van der Waals surface area contributed by atoms with Crippen LogP contribution in [0.4, 0.5) is 4.39 Å². The molecule has 1 radical (unpaired) electrons. The van der Waals surface area contributed by atoms with E-state index in [2.05, 4.69) is 15.9 Å². The van der Waals surface area contributed by atoms with Crippen molar-refractivity contribution in [1.29, 1.82) is 0 Å². The monoisotopic (exact) mass is 126 g/mol. The average molecular weight is 126 g/mol. The van der Waals surface area contributed by atoms with Crippen LogP contribution in [0.3, 0.4) is 0 Å². The molecule has 0 saturated carbocycles. The third kappa shape index (κ3) is 1.38. The number of hydrogen-bond acceptors (Lipinski definition) is 2. The molecular weight excluding hydrogens is 121 g/mol. The van der Waals surface area contributed by atoms with Crippen LogP contribution in [0.2, 0.25) is 0 Å². The lowest BCUT2D eigenvalue weighted by molar-refractivity contribution is 0.408. The molecule has 9 heavy (non-hydrogen) atoms. The van der Waals surface area contributed by atoms with Crippen molar-refractivity contribution >= 4 is 0 Å². The Morgan fingerprint density at radius 2 is 2.56 bits per heavy atom. The van der Waals surface area contributed by atoms with Gasteiger partial charge in [-0.3, -0.25) is 0 Å². The fourth-order valence-electron chi connectivity index (χ4n) is 0.464. The fourth-order valence-corrected chi connectivity index (χ4v) is 0.464. The predicted octanol–water partition coefficient (Wildman–Crippen LogP) is 1.03. The van der Waals surface area contributed by atoms with Crippen LogP contribution in [0.1, 0.15) is 0 Å². The first kappa shape index (κ1) is 6.01. The number of halogens is 1. The second-order valence-electron chi connectivity index (χ2n) is 1.47. The van der Waals surface area contributed by atoms with Gasteiger partial charge in [-0.1, -0.05) is 0 Å². The standard InChI is InChI=1S/C6H5FNO/c1-9-6-2-5(7)3-8-4-6/h2,4H,1H3. The summed E-state index contributed by atoms with van der Waals surface area (Å²) < 4.78 is 16.8. The summed E-state index contributed by atoms with van der Waals surface area (Å²) in [5, 5.41) is 0. The van der Waals surface area contributed by atoms with Crippen molar-refractivity contribution in [2.75, 3.05) is 7.11 Å². The minimum atomic E-state index is -0.505. The largest absolute Gasteiger partial charge is 0.495 e. The summed E-state index contributed by atoms with van der Waals surface area (Å²) >= 11 is 0. The maximum absolute atomic E-state index is 12.2. The summed E-state index contributed by atoms with van der Waals surface area (Å²) in [6.07, 6.45) is 3.50. The molecule has 0 unspecified atom stereocenters. The Hall–Kier alpha value is -1.12. The molecule has 0 aliphatic heterocycles. The first-order chi connectivity index (χ1) is 4.33. The van der Waals surface area contributed by atoms with Gasteiger partial charge < -0.3 is 4.74 Å². The summed E-state index contributed by atoms with van der Waals surface area (Å²) in [6.45, 7) is 0.